The van der Waals surface area contributed by atoms with Gasteiger partial charge in [0.05, 0.1) is 0 Å². The summed E-state index contributed by atoms with van der Waals surface area (Å²) in [6.45, 7) is 0.510. The highest BCUT2D eigenvalue weighted by molar-refractivity contribution is 6.05. The minimum Gasteiger partial charge on any atom is -0.278 e. The van der Waals surface area contributed by atoms with Crippen molar-refractivity contribution in [2.75, 3.05) is 13.1 Å². The number of imide groups is 2. The van der Waals surface area contributed by atoms with Gasteiger partial charge in [-0.15, -0.1) is 0 Å². The zero-order valence-corrected chi connectivity index (χ0v) is 7.02. The summed E-state index contributed by atoms with van der Waals surface area (Å²) in [5.41, 5.74) is 0. The summed E-state index contributed by atoms with van der Waals surface area (Å²) in [6, 6.07) is 0. The van der Waals surface area contributed by atoms with Crippen LogP contribution in [-0.4, -0.2) is 47.0 Å². The first-order valence-electron chi connectivity index (χ1n) is 3.62. The van der Waals surface area contributed by atoms with Gasteiger partial charge >= 0.3 is 0 Å². The number of nitrogens with zero attached hydrogens (tertiary/aromatic N) is 2. The third-order valence-electron chi connectivity index (χ3n) is 1.73. The van der Waals surface area contributed by atoms with Gasteiger partial charge in [0.15, 0.2) is 0 Å². The third-order valence-corrected chi connectivity index (χ3v) is 1.73. The molecule has 0 radical (unpaired) electrons. The van der Waals surface area contributed by atoms with E-state index in [1.807, 2.05) is 0 Å². The smallest absolute Gasteiger partial charge is 0.249 e. The second-order valence-corrected chi connectivity index (χ2v) is 2.63. The Hall–Kier alpha value is -1.72. The number of hydrogen-bond acceptors (Lipinski definition) is 4. The molecule has 6 nitrogen and oxygen atoms in total. The normalized spacial score (nSPS) is 17.6. The highest BCUT2D eigenvalue weighted by Crippen LogP contribution is 2.02. The lowest BCUT2D eigenvalue weighted by Gasteiger charge is -2.28. The topological polar surface area (TPSA) is 74.8 Å². The van der Waals surface area contributed by atoms with Gasteiger partial charge in [-0.3, -0.25) is 29.0 Å². The van der Waals surface area contributed by atoms with Crippen LogP contribution in [-0.2, 0) is 19.2 Å². The maximum absolute atomic E-state index is 11.1. The van der Waals surface area contributed by atoms with Gasteiger partial charge < -0.3 is 0 Å². The monoisotopic (exact) mass is 184 g/mol. The molecule has 1 heterocycles. The van der Waals surface area contributed by atoms with E-state index in [2.05, 4.69) is 0 Å². The minimum absolute atomic E-state index is 0.289. The fourth-order valence-corrected chi connectivity index (χ4v) is 1.02. The molecular weight excluding hydrogens is 176 g/mol. The zero-order chi connectivity index (χ0) is 10.0. The van der Waals surface area contributed by atoms with Crippen LogP contribution in [0.2, 0.25) is 0 Å². The minimum atomic E-state index is -0.537. The molecule has 0 spiro atoms. The van der Waals surface area contributed by atoms with Crippen LogP contribution in [0.4, 0.5) is 0 Å². The standard InChI is InChI=1S/C7H8N2O4/c1-5(11)9-3-6(12)8(4-10)2-7(9)13/h4H,2-3H2,1H3. The molecule has 6 heteroatoms. The number of carbonyl (C=O) groups excluding carboxylic acids is 4. The predicted octanol–water partition coefficient (Wildman–Crippen LogP) is -1.64. The number of hydrogen-bond donors (Lipinski definition) is 0. The quantitative estimate of drug-likeness (QED) is 0.458. The summed E-state index contributed by atoms with van der Waals surface area (Å²) in [6.07, 6.45) is 0.289. The van der Waals surface area contributed by atoms with Gasteiger partial charge in [0.2, 0.25) is 24.1 Å². The summed E-state index contributed by atoms with van der Waals surface area (Å²) >= 11 is 0. The van der Waals surface area contributed by atoms with E-state index in [4.69, 9.17) is 0 Å². The van der Waals surface area contributed by atoms with Crippen molar-refractivity contribution >= 4 is 24.1 Å². The Morgan fingerprint density at radius 3 is 2.38 bits per heavy atom. The van der Waals surface area contributed by atoms with E-state index in [1.54, 1.807) is 0 Å². The summed E-state index contributed by atoms with van der Waals surface area (Å²) in [4.78, 5) is 44.7. The van der Waals surface area contributed by atoms with Crippen molar-refractivity contribution in [2.45, 2.75) is 6.92 Å². The maximum Gasteiger partial charge on any atom is 0.249 e. The fraction of sp³-hybridized carbons (Fsp3) is 0.429. The van der Waals surface area contributed by atoms with E-state index in [-0.39, 0.29) is 19.5 Å². The first kappa shape index (κ1) is 9.37. The lowest BCUT2D eigenvalue weighted by molar-refractivity contribution is -0.158. The van der Waals surface area contributed by atoms with Gasteiger partial charge in [0, 0.05) is 6.92 Å². The van der Waals surface area contributed by atoms with Crippen LogP contribution in [0.5, 0.6) is 0 Å². The molecule has 0 atom stereocenters. The molecular formula is C7H8N2O4. The predicted molar refractivity (Wildman–Crippen MR) is 40.2 cm³/mol. The summed E-state index contributed by atoms with van der Waals surface area (Å²) in [5.74, 6) is -1.55. The molecule has 0 aromatic carbocycles. The molecule has 13 heavy (non-hydrogen) atoms. The van der Waals surface area contributed by atoms with Crippen LogP contribution in [0.1, 0.15) is 6.92 Å². The van der Waals surface area contributed by atoms with E-state index >= 15 is 0 Å². The van der Waals surface area contributed by atoms with Crippen LogP contribution in [0.25, 0.3) is 0 Å². The van der Waals surface area contributed by atoms with Gasteiger partial charge in [-0.2, -0.15) is 0 Å². The molecule has 0 unspecified atom stereocenters. The second-order valence-electron chi connectivity index (χ2n) is 2.63. The average molecular weight is 184 g/mol. The number of amides is 4. The maximum atomic E-state index is 11.1. The zero-order valence-electron chi connectivity index (χ0n) is 7.02. The molecule has 0 aromatic rings. The molecule has 1 fully saturated rings. The lowest BCUT2D eigenvalue weighted by Crippen LogP contribution is -2.54. The van der Waals surface area contributed by atoms with E-state index in [0.29, 0.717) is 0 Å². The van der Waals surface area contributed by atoms with Crippen molar-refractivity contribution in [1.29, 1.82) is 0 Å². The molecule has 1 saturated heterocycles. The van der Waals surface area contributed by atoms with Crippen LogP contribution in [0.15, 0.2) is 0 Å². The largest absolute Gasteiger partial charge is 0.278 e. The number of piperazine rings is 1. The van der Waals surface area contributed by atoms with Crippen molar-refractivity contribution < 1.29 is 19.2 Å². The van der Waals surface area contributed by atoms with Gasteiger partial charge in [-0.25, -0.2) is 0 Å². The molecule has 4 amide bonds. The Morgan fingerprint density at radius 1 is 1.31 bits per heavy atom. The SMILES string of the molecule is CC(=O)N1CC(=O)N(C=O)CC1=O. The Bertz CT molecular complexity index is 286. The van der Waals surface area contributed by atoms with E-state index < -0.39 is 17.7 Å². The average Bonchev–Trinajstić information content (AvgIpc) is 2.07. The molecule has 0 N–H and O–H groups in total. The molecule has 0 aromatic heterocycles. The van der Waals surface area contributed by atoms with Crippen LogP contribution in [0, 0.1) is 0 Å². The third kappa shape index (κ3) is 1.71. The van der Waals surface area contributed by atoms with Crippen molar-refractivity contribution in [3.63, 3.8) is 0 Å². The molecule has 0 bridgehead atoms. The summed E-state index contributed by atoms with van der Waals surface area (Å²) in [7, 11) is 0. The molecule has 70 valence electrons. The van der Waals surface area contributed by atoms with E-state index in [9.17, 15) is 19.2 Å². The van der Waals surface area contributed by atoms with E-state index in [1.165, 1.54) is 6.92 Å². The molecule has 0 saturated carbocycles. The van der Waals surface area contributed by atoms with Gasteiger partial charge in [-0.05, 0) is 0 Å². The Morgan fingerprint density at radius 2 is 1.92 bits per heavy atom. The lowest BCUT2D eigenvalue weighted by atomic mass is 10.3. The van der Waals surface area contributed by atoms with Crippen molar-refractivity contribution in [2.24, 2.45) is 0 Å². The highest BCUT2D eigenvalue weighted by Gasteiger charge is 2.31. The summed E-state index contributed by atoms with van der Waals surface area (Å²) in [5, 5.41) is 0. The molecule has 1 rings (SSSR count). The first-order chi connectivity index (χ1) is 6.06. The van der Waals surface area contributed by atoms with Crippen molar-refractivity contribution in [3.8, 4) is 0 Å². The van der Waals surface area contributed by atoms with Gasteiger partial charge in [0.1, 0.15) is 13.1 Å². The van der Waals surface area contributed by atoms with Crippen LogP contribution >= 0.6 is 0 Å². The highest BCUT2D eigenvalue weighted by atomic mass is 16.2. The Balaban J connectivity index is 2.78. The van der Waals surface area contributed by atoms with Crippen molar-refractivity contribution in [1.82, 2.24) is 9.80 Å². The van der Waals surface area contributed by atoms with Gasteiger partial charge in [-0.1, -0.05) is 0 Å². The molecule has 1 aliphatic rings. The van der Waals surface area contributed by atoms with Crippen LogP contribution < -0.4 is 0 Å². The van der Waals surface area contributed by atoms with Crippen LogP contribution in [0.3, 0.4) is 0 Å². The molecule has 0 aliphatic carbocycles. The summed E-state index contributed by atoms with van der Waals surface area (Å²) < 4.78 is 0. The fourth-order valence-electron chi connectivity index (χ4n) is 1.02. The molecule has 1 aliphatic heterocycles. The number of carbonyl (C=O) groups is 4. The van der Waals surface area contributed by atoms with E-state index in [0.717, 1.165) is 9.80 Å². The number of rotatable bonds is 1. The second kappa shape index (κ2) is 3.34. The van der Waals surface area contributed by atoms with Gasteiger partial charge in [0.25, 0.3) is 0 Å². The first-order valence-corrected chi connectivity index (χ1v) is 3.62. The Labute approximate surface area is 74.1 Å². The van der Waals surface area contributed by atoms with Crippen molar-refractivity contribution in [3.05, 3.63) is 0 Å². The Kier molecular flexibility index (Phi) is 2.41.